The molecule has 0 radical (unpaired) electrons. The van der Waals surface area contributed by atoms with Gasteiger partial charge in [-0.25, -0.2) is 27.9 Å². The maximum atomic E-state index is 13.0. The first-order valence-corrected chi connectivity index (χ1v) is 11.5. The molecule has 0 N–H and O–H groups in total. The molecule has 1 fully saturated rings. The molecule has 30 heavy (non-hydrogen) atoms. The number of aryl methyl sites for hydroxylation is 1. The Morgan fingerprint density at radius 3 is 2.53 bits per heavy atom. The molecule has 1 saturated heterocycles. The van der Waals surface area contributed by atoms with Gasteiger partial charge in [0, 0.05) is 38.4 Å². The molecule has 4 rings (SSSR count). The number of methoxy groups -OCH3 is 1. The summed E-state index contributed by atoms with van der Waals surface area (Å²) in [4.78, 5) is 22.6. The summed E-state index contributed by atoms with van der Waals surface area (Å²) in [5.41, 5.74) is 0.883. The smallest absolute Gasteiger partial charge is 0.349 e. The normalized spacial score (nSPS) is 15.3. The van der Waals surface area contributed by atoms with Crippen molar-refractivity contribution >= 4 is 33.1 Å². The lowest BCUT2D eigenvalue weighted by atomic mass is 10.3. The highest BCUT2D eigenvalue weighted by molar-refractivity contribution is 7.89. The minimum absolute atomic E-state index is 0.00817. The molecule has 1 aliphatic rings. The summed E-state index contributed by atoms with van der Waals surface area (Å²) in [6.07, 6.45) is 3.30. The quantitative estimate of drug-likeness (QED) is 0.538. The highest BCUT2D eigenvalue weighted by atomic mass is 32.2. The zero-order valence-corrected chi connectivity index (χ0v) is 18.1. The first-order valence-electron chi connectivity index (χ1n) is 9.16. The number of esters is 1. The maximum Gasteiger partial charge on any atom is 0.349 e. The van der Waals surface area contributed by atoms with Gasteiger partial charge in [-0.05, 0) is 24.4 Å². The van der Waals surface area contributed by atoms with Crippen molar-refractivity contribution < 1.29 is 17.9 Å². The van der Waals surface area contributed by atoms with Crippen molar-refractivity contribution in [2.24, 2.45) is 0 Å². The van der Waals surface area contributed by atoms with Gasteiger partial charge < -0.3 is 9.64 Å². The Morgan fingerprint density at radius 1 is 1.13 bits per heavy atom. The molecule has 0 saturated carbocycles. The molecule has 0 bridgehead atoms. The van der Waals surface area contributed by atoms with Gasteiger partial charge in [0.2, 0.25) is 10.0 Å². The molecule has 0 atom stereocenters. The van der Waals surface area contributed by atoms with E-state index in [1.807, 2.05) is 30.2 Å². The van der Waals surface area contributed by atoms with E-state index >= 15 is 0 Å². The largest absolute Gasteiger partial charge is 0.465 e. The van der Waals surface area contributed by atoms with Gasteiger partial charge in [0.15, 0.2) is 5.82 Å². The van der Waals surface area contributed by atoms with Crippen molar-refractivity contribution in [3.63, 3.8) is 0 Å². The Hall–Kier alpha value is -2.83. The molecule has 0 unspecified atom stereocenters. The molecular weight excluding hydrogens is 428 g/mol. The Morgan fingerprint density at radius 2 is 1.87 bits per heavy atom. The van der Waals surface area contributed by atoms with Crippen LogP contribution in [0.4, 0.5) is 5.82 Å². The van der Waals surface area contributed by atoms with Gasteiger partial charge in [-0.1, -0.05) is 0 Å². The molecule has 158 valence electrons. The monoisotopic (exact) mass is 448 g/mol. The molecule has 12 heteroatoms. The van der Waals surface area contributed by atoms with Crippen molar-refractivity contribution in [3.8, 4) is 5.82 Å². The number of aromatic nitrogens is 4. The molecule has 10 nitrogen and oxygen atoms in total. The standard InChI is InChI=1S/C18H20N6O4S2/c1-13-3-5-24(21-13)16-11-15(19-12-20-16)22-6-8-23(9-7-22)30(26,27)14-4-10-29-17(14)18(25)28-2/h3-5,10-12H,6-9H2,1-2H3. The number of sulfonamides is 1. The number of hydrogen-bond donors (Lipinski definition) is 0. The number of nitrogens with zero attached hydrogens (tertiary/aromatic N) is 6. The van der Waals surface area contributed by atoms with Crippen LogP contribution in [0.1, 0.15) is 15.4 Å². The van der Waals surface area contributed by atoms with Crippen molar-refractivity contribution in [2.45, 2.75) is 11.8 Å². The lowest BCUT2D eigenvalue weighted by Gasteiger charge is -2.34. The van der Waals surface area contributed by atoms with E-state index in [0.717, 1.165) is 17.0 Å². The van der Waals surface area contributed by atoms with Crippen LogP contribution in [0, 0.1) is 6.92 Å². The number of rotatable bonds is 5. The fraction of sp³-hybridized carbons (Fsp3) is 0.333. The number of carbonyl (C=O) groups excluding carboxylic acids is 1. The van der Waals surface area contributed by atoms with E-state index in [1.54, 1.807) is 10.1 Å². The van der Waals surface area contributed by atoms with Gasteiger partial charge in [-0.3, -0.25) is 0 Å². The van der Waals surface area contributed by atoms with E-state index in [2.05, 4.69) is 15.1 Å². The fourth-order valence-corrected chi connectivity index (χ4v) is 5.95. The van der Waals surface area contributed by atoms with E-state index in [-0.39, 0.29) is 22.9 Å². The highest BCUT2D eigenvalue weighted by Crippen LogP contribution is 2.27. The van der Waals surface area contributed by atoms with Gasteiger partial charge >= 0.3 is 5.97 Å². The zero-order chi connectivity index (χ0) is 21.3. The Balaban J connectivity index is 1.49. The predicted molar refractivity (Wildman–Crippen MR) is 111 cm³/mol. The molecule has 0 amide bonds. The number of ether oxygens (including phenoxy) is 1. The summed E-state index contributed by atoms with van der Waals surface area (Å²) in [6, 6.07) is 5.16. The van der Waals surface area contributed by atoms with Gasteiger partial charge in [0.1, 0.15) is 21.9 Å². The van der Waals surface area contributed by atoms with Crippen LogP contribution in [0.15, 0.2) is 41.0 Å². The van der Waals surface area contributed by atoms with Crippen LogP contribution < -0.4 is 4.90 Å². The van der Waals surface area contributed by atoms with Gasteiger partial charge in [-0.15, -0.1) is 11.3 Å². The Bertz CT molecular complexity index is 1160. The first kappa shape index (κ1) is 20.4. The van der Waals surface area contributed by atoms with Crippen LogP contribution in [-0.2, 0) is 14.8 Å². The highest BCUT2D eigenvalue weighted by Gasteiger charge is 2.33. The summed E-state index contributed by atoms with van der Waals surface area (Å²) >= 11 is 1.06. The second-order valence-electron chi connectivity index (χ2n) is 6.63. The van der Waals surface area contributed by atoms with Gasteiger partial charge in [0.05, 0.1) is 12.8 Å². The third-order valence-electron chi connectivity index (χ3n) is 4.78. The molecule has 1 aliphatic heterocycles. The average molecular weight is 449 g/mol. The fourth-order valence-electron chi connectivity index (χ4n) is 3.22. The van der Waals surface area contributed by atoms with Crippen LogP contribution in [0.5, 0.6) is 0 Å². The van der Waals surface area contributed by atoms with E-state index in [4.69, 9.17) is 4.74 Å². The van der Waals surface area contributed by atoms with E-state index in [0.29, 0.717) is 24.7 Å². The molecule has 3 aromatic heterocycles. The molecular formula is C18H20N6O4S2. The third-order valence-corrected chi connectivity index (χ3v) is 7.74. The number of anilines is 1. The van der Waals surface area contributed by atoms with Crippen LogP contribution in [0.2, 0.25) is 0 Å². The molecule has 4 heterocycles. The second-order valence-corrected chi connectivity index (χ2v) is 9.46. The SMILES string of the molecule is COC(=O)c1sccc1S(=O)(=O)N1CCN(c2cc(-n3ccc(C)n3)ncn2)CC1. The Labute approximate surface area is 177 Å². The third kappa shape index (κ3) is 3.80. The summed E-state index contributed by atoms with van der Waals surface area (Å²) in [6.45, 7) is 3.38. The minimum Gasteiger partial charge on any atom is -0.465 e. The van der Waals surface area contributed by atoms with Crippen LogP contribution in [0.3, 0.4) is 0 Å². The molecule has 3 aromatic rings. The second kappa shape index (κ2) is 8.13. The minimum atomic E-state index is -3.79. The number of carbonyl (C=O) groups is 1. The molecule has 0 aliphatic carbocycles. The van der Waals surface area contributed by atoms with Gasteiger partial charge in [-0.2, -0.15) is 9.40 Å². The van der Waals surface area contributed by atoms with E-state index in [9.17, 15) is 13.2 Å². The number of hydrogen-bond acceptors (Lipinski definition) is 9. The predicted octanol–water partition coefficient (Wildman–Crippen LogP) is 1.33. The topological polar surface area (TPSA) is 111 Å². The average Bonchev–Trinajstić information content (AvgIpc) is 3.43. The van der Waals surface area contributed by atoms with Crippen molar-refractivity contribution in [3.05, 3.63) is 46.7 Å². The Kier molecular flexibility index (Phi) is 5.54. The van der Waals surface area contributed by atoms with E-state index < -0.39 is 16.0 Å². The van der Waals surface area contributed by atoms with Crippen LogP contribution >= 0.6 is 11.3 Å². The molecule has 0 spiro atoms. The summed E-state index contributed by atoms with van der Waals surface area (Å²) < 4.78 is 33.8. The molecule has 0 aromatic carbocycles. The van der Waals surface area contributed by atoms with Crippen molar-refractivity contribution in [2.75, 3.05) is 38.2 Å². The summed E-state index contributed by atoms with van der Waals surface area (Å²) in [5.74, 6) is 0.699. The maximum absolute atomic E-state index is 13.0. The van der Waals surface area contributed by atoms with Gasteiger partial charge in [0.25, 0.3) is 0 Å². The first-order chi connectivity index (χ1) is 14.4. The number of piperazine rings is 1. The lowest BCUT2D eigenvalue weighted by molar-refractivity contribution is 0.0602. The van der Waals surface area contributed by atoms with Crippen molar-refractivity contribution in [1.82, 2.24) is 24.1 Å². The zero-order valence-electron chi connectivity index (χ0n) is 16.4. The van der Waals surface area contributed by atoms with E-state index in [1.165, 1.54) is 23.8 Å². The van der Waals surface area contributed by atoms with Crippen molar-refractivity contribution in [1.29, 1.82) is 0 Å². The van der Waals surface area contributed by atoms with Crippen LogP contribution in [0.25, 0.3) is 5.82 Å². The lowest BCUT2D eigenvalue weighted by Crippen LogP contribution is -2.49. The summed E-state index contributed by atoms with van der Waals surface area (Å²) in [5, 5.41) is 5.93. The summed E-state index contributed by atoms with van der Waals surface area (Å²) in [7, 11) is -2.56. The number of thiophene rings is 1. The van der Waals surface area contributed by atoms with Crippen LogP contribution in [-0.4, -0.2) is 71.7 Å².